The minimum absolute atomic E-state index is 0.0263. The first-order valence-corrected chi connectivity index (χ1v) is 6.33. The van der Waals surface area contributed by atoms with Crippen molar-refractivity contribution in [3.8, 4) is 11.1 Å². The van der Waals surface area contributed by atoms with E-state index < -0.39 is 5.97 Å². The molecule has 4 heteroatoms. The van der Waals surface area contributed by atoms with Crippen molar-refractivity contribution in [2.24, 2.45) is 0 Å². The van der Waals surface area contributed by atoms with Gasteiger partial charge in [0.15, 0.2) is 0 Å². The fourth-order valence-corrected chi connectivity index (χ4v) is 2.69. The fraction of sp³-hybridized carbons (Fsp3) is 0.125. The van der Waals surface area contributed by atoms with Crippen LogP contribution in [-0.4, -0.2) is 23.6 Å². The van der Waals surface area contributed by atoms with Crippen LogP contribution in [0, 0.1) is 0 Å². The van der Waals surface area contributed by atoms with Crippen LogP contribution in [0.5, 0.6) is 0 Å². The van der Waals surface area contributed by atoms with E-state index in [0.717, 1.165) is 17.3 Å². The quantitative estimate of drug-likeness (QED) is 0.370. The molecule has 0 spiro atoms. The van der Waals surface area contributed by atoms with E-state index in [1.165, 1.54) is 11.1 Å². The highest BCUT2D eigenvalue weighted by atomic mass is 16.5. The Balaban J connectivity index is 1.95. The number of rotatable bonds is 3. The average Bonchev–Trinajstić information content (AvgIpc) is 2.80. The van der Waals surface area contributed by atoms with Crippen molar-refractivity contribution in [2.45, 2.75) is 5.92 Å². The molecule has 1 aliphatic carbocycles. The van der Waals surface area contributed by atoms with Crippen molar-refractivity contribution in [3.05, 3.63) is 65.2 Å². The van der Waals surface area contributed by atoms with Gasteiger partial charge in [-0.1, -0.05) is 48.5 Å². The molecule has 0 amide bonds. The Morgan fingerprint density at radius 1 is 1.10 bits per heavy atom. The molecule has 3 rings (SSSR count). The number of nitrogens with zero attached hydrogens (tertiary/aromatic N) is 2. The molecule has 0 N–H and O–H groups in total. The van der Waals surface area contributed by atoms with E-state index in [4.69, 9.17) is 10.3 Å². The summed E-state index contributed by atoms with van der Waals surface area (Å²) < 4.78 is 5.13. The number of hydrogen-bond acceptors (Lipinski definition) is 2. The van der Waals surface area contributed by atoms with Crippen molar-refractivity contribution in [1.29, 1.82) is 0 Å². The van der Waals surface area contributed by atoms with Gasteiger partial charge in [-0.2, -0.15) is 4.79 Å². The van der Waals surface area contributed by atoms with E-state index in [1.807, 2.05) is 36.4 Å². The smallest absolute Gasteiger partial charge is 0.413 e. The normalized spacial score (nSPS) is 12.2. The Morgan fingerprint density at radius 3 is 2.20 bits per heavy atom. The molecule has 20 heavy (non-hydrogen) atoms. The average molecular weight is 264 g/mol. The Kier molecular flexibility index (Phi) is 3.15. The second kappa shape index (κ2) is 5.11. The molecule has 0 unspecified atom stereocenters. The summed E-state index contributed by atoms with van der Waals surface area (Å²) in [5.41, 5.74) is 13.0. The number of carbonyl (C=O) groups is 1. The Hall–Kier alpha value is -2.71. The second-order valence-electron chi connectivity index (χ2n) is 4.60. The summed E-state index contributed by atoms with van der Waals surface area (Å²) in [6.45, 7) is 0.235. The van der Waals surface area contributed by atoms with Crippen molar-refractivity contribution in [3.63, 3.8) is 0 Å². The van der Waals surface area contributed by atoms with Gasteiger partial charge < -0.3 is 10.3 Å². The van der Waals surface area contributed by atoms with Crippen LogP contribution in [0.3, 0.4) is 0 Å². The monoisotopic (exact) mass is 264 g/mol. The molecule has 4 nitrogen and oxygen atoms in total. The summed E-state index contributed by atoms with van der Waals surface area (Å²) in [6.07, 6.45) is 0.757. The molecule has 0 bridgehead atoms. The molecule has 2 aromatic rings. The van der Waals surface area contributed by atoms with Crippen molar-refractivity contribution >= 4 is 12.2 Å². The molecule has 0 aromatic heterocycles. The van der Waals surface area contributed by atoms with Gasteiger partial charge in [0.1, 0.15) is 6.61 Å². The van der Waals surface area contributed by atoms with Gasteiger partial charge in [0, 0.05) is 5.92 Å². The van der Waals surface area contributed by atoms with E-state index in [2.05, 4.69) is 16.9 Å². The van der Waals surface area contributed by atoms with Crippen molar-refractivity contribution in [2.75, 3.05) is 6.61 Å². The molecule has 0 heterocycles. The zero-order chi connectivity index (χ0) is 13.9. The maximum atomic E-state index is 11.3. The predicted octanol–water partition coefficient (Wildman–Crippen LogP) is 2.64. The van der Waals surface area contributed by atoms with Crippen LogP contribution in [0.2, 0.25) is 0 Å². The molecule has 2 aromatic carbocycles. The lowest BCUT2D eigenvalue weighted by Gasteiger charge is -2.12. The number of benzene rings is 2. The maximum Gasteiger partial charge on any atom is 0.413 e. The van der Waals surface area contributed by atoms with E-state index in [9.17, 15) is 4.79 Å². The number of fused-ring (bicyclic) bond motifs is 3. The highest BCUT2D eigenvalue weighted by molar-refractivity contribution is 6.20. The third-order valence-corrected chi connectivity index (χ3v) is 3.52. The first-order valence-electron chi connectivity index (χ1n) is 6.33. The molecular weight excluding hydrogens is 252 g/mol. The highest BCUT2D eigenvalue weighted by Crippen LogP contribution is 2.44. The summed E-state index contributed by atoms with van der Waals surface area (Å²) >= 11 is 0. The molecule has 98 valence electrons. The molecule has 0 radical (unpaired) electrons. The molecule has 0 saturated carbocycles. The van der Waals surface area contributed by atoms with Gasteiger partial charge >= 0.3 is 12.2 Å². The number of carbonyl (C=O) groups excluding carboxylic acids is 1. The zero-order valence-corrected chi connectivity index (χ0v) is 10.7. The minimum Gasteiger partial charge on any atom is -0.456 e. The lowest BCUT2D eigenvalue weighted by atomic mass is 9.98. The summed E-state index contributed by atoms with van der Waals surface area (Å²) in [7, 11) is 0. The van der Waals surface area contributed by atoms with Gasteiger partial charge in [0.05, 0.1) is 0 Å². The van der Waals surface area contributed by atoms with Gasteiger partial charge in [0.2, 0.25) is 0 Å². The predicted molar refractivity (Wildman–Crippen MR) is 74.4 cm³/mol. The third kappa shape index (κ3) is 2.02. The van der Waals surface area contributed by atoms with E-state index >= 15 is 0 Å². The van der Waals surface area contributed by atoms with Crippen LogP contribution in [0.15, 0.2) is 48.5 Å². The lowest BCUT2D eigenvalue weighted by Crippen LogP contribution is -2.13. The fourth-order valence-electron chi connectivity index (χ4n) is 2.69. The Labute approximate surface area is 116 Å². The van der Waals surface area contributed by atoms with Crippen LogP contribution < -0.4 is 0 Å². The first-order chi connectivity index (χ1) is 9.81. The summed E-state index contributed by atoms with van der Waals surface area (Å²) in [5.74, 6) is -0.618. The van der Waals surface area contributed by atoms with Crippen LogP contribution in [0.1, 0.15) is 17.0 Å². The van der Waals surface area contributed by atoms with Gasteiger partial charge in [0.25, 0.3) is 0 Å². The Morgan fingerprint density at radius 2 is 1.65 bits per heavy atom. The van der Waals surface area contributed by atoms with E-state index in [0.29, 0.717) is 0 Å². The van der Waals surface area contributed by atoms with Crippen LogP contribution in [0.4, 0.5) is 0 Å². The molecule has 0 aliphatic heterocycles. The van der Waals surface area contributed by atoms with Gasteiger partial charge in [-0.15, -0.1) is 0 Å². The van der Waals surface area contributed by atoms with Gasteiger partial charge in [-0.05, 0) is 22.3 Å². The number of ether oxygens (including phenoxy) is 1. The minimum atomic E-state index is -0.644. The SMILES string of the molecule is [N-]=[N+]=CC(=O)OCC1c2ccccc2-c2ccccc21. The van der Waals surface area contributed by atoms with E-state index in [-0.39, 0.29) is 12.5 Å². The number of esters is 1. The molecule has 1 aliphatic rings. The molecule has 0 saturated heterocycles. The largest absolute Gasteiger partial charge is 0.456 e. The summed E-state index contributed by atoms with van der Waals surface area (Å²) in [5, 5.41) is 0. The lowest BCUT2D eigenvalue weighted by molar-refractivity contribution is -0.139. The zero-order valence-electron chi connectivity index (χ0n) is 10.7. The summed E-state index contributed by atoms with van der Waals surface area (Å²) in [4.78, 5) is 14.0. The standard InChI is InChI=1S/C16H12N2O2/c17-18-9-16(19)20-10-15-13-7-3-1-5-11(13)12-6-2-4-8-14(12)15/h1-9,15H,10H2. The van der Waals surface area contributed by atoms with Gasteiger partial charge in [-0.3, -0.25) is 0 Å². The molecular formula is C16H12N2O2. The second-order valence-corrected chi connectivity index (χ2v) is 4.60. The van der Waals surface area contributed by atoms with Crippen molar-refractivity contribution in [1.82, 2.24) is 0 Å². The maximum absolute atomic E-state index is 11.3. The van der Waals surface area contributed by atoms with Crippen LogP contribution >= 0.6 is 0 Å². The third-order valence-electron chi connectivity index (χ3n) is 3.52. The topological polar surface area (TPSA) is 62.7 Å². The molecule has 0 atom stereocenters. The molecule has 0 fully saturated rings. The van der Waals surface area contributed by atoms with Crippen LogP contribution in [-0.2, 0) is 9.53 Å². The van der Waals surface area contributed by atoms with Crippen molar-refractivity contribution < 1.29 is 14.3 Å². The first kappa shape index (κ1) is 12.3. The van der Waals surface area contributed by atoms with Crippen LogP contribution in [0.25, 0.3) is 16.7 Å². The highest BCUT2D eigenvalue weighted by Gasteiger charge is 2.28. The number of hydrogen-bond donors (Lipinski definition) is 0. The summed E-state index contributed by atoms with van der Waals surface area (Å²) in [6, 6.07) is 16.2. The van der Waals surface area contributed by atoms with E-state index in [1.54, 1.807) is 0 Å². The Bertz CT molecular complexity index is 672. The van der Waals surface area contributed by atoms with Gasteiger partial charge in [-0.25, -0.2) is 4.79 Å².